The van der Waals surface area contributed by atoms with E-state index in [1.54, 1.807) is 18.8 Å². The van der Waals surface area contributed by atoms with Crippen LogP contribution in [0.3, 0.4) is 0 Å². The minimum Gasteiger partial charge on any atom is -0.744 e. The fourth-order valence-electron chi connectivity index (χ4n) is 1.45. The van der Waals surface area contributed by atoms with Crippen LogP contribution in [0.5, 0.6) is 0 Å². The summed E-state index contributed by atoms with van der Waals surface area (Å²) in [6.45, 7) is 0. The van der Waals surface area contributed by atoms with Crippen LogP contribution >= 0.6 is 20.1 Å². The van der Waals surface area contributed by atoms with Gasteiger partial charge in [-0.3, -0.25) is 20.2 Å². The minimum absolute atomic E-state index is 0.187. The van der Waals surface area contributed by atoms with Crippen LogP contribution in [0.4, 0.5) is 17.1 Å². The molecule has 0 amide bonds. The zero-order valence-electron chi connectivity index (χ0n) is 12.4. The molecule has 0 bridgehead atoms. The fourth-order valence-corrected chi connectivity index (χ4v) is 3.05. The van der Waals surface area contributed by atoms with Gasteiger partial charge in [0.1, 0.15) is 22.3 Å². The normalized spacial score (nSPS) is 12.5. The van der Waals surface area contributed by atoms with Crippen LogP contribution in [0, 0.1) is 25.1 Å². The summed E-state index contributed by atoms with van der Waals surface area (Å²) in [5.41, 5.74) is -3.44. The lowest BCUT2D eigenvalue weighted by Gasteiger charge is -2.19. The van der Waals surface area contributed by atoms with Gasteiger partial charge in [0.15, 0.2) is 0 Å². The summed E-state index contributed by atoms with van der Waals surface area (Å²) >= 11 is 0. The lowest BCUT2D eigenvalue weighted by molar-refractivity contribution is -0.695. The Morgan fingerprint density at radius 2 is 1.46 bits per heavy atom. The second-order valence-corrected chi connectivity index (χ2v) is 11.9. The lowest BCUT2D eigenvalue weighted by Crippen LogP contribution is -2.11. The molecular weight excluding hydrogens is 390 g/mol. The molecule has 0 spiro atoms. The van der Waals surface area contributed by atoms with Crippen LogP contribution in [0.15, 0.2) is 17.0 Å². The van der Waals surface area contributed by atoms with Crippen LogP contribution in [0.1, 0.15) is 0 Å². The summed E-state index contributed by atoms with van der Waals surface area (Å²) < 4.78 is 38.5. The van der Waals surface area contributed by atoms with Gasteiger partial charge in [-0.2, -0.15) is 4.28 Å². The first kappa shape index (κ1) is 20.1. The highest BCUT2D eigenvalue weighted by Crippen LogP contribution is 2.53. The zero-order chi connectivity index (χ0) is 18.9. The van der Waals surface area contributed by atoms with Gasteiger partial charge < -0.3 is 4.55 Å². The number of hydrogen-bond acceptors (Lipinski definition) is 10. The monoisotopic (exact) mass is 401 g/mol. The number of benzene rings is 1. The molecule has 0 aliphatic carbocycles. The molecular formula is C9H11N3O9S3. The van der Waals surface area contributed by atoms with Crippen molar-refractivity contribution in [1.29, 1.82) is 0 Å². The maximum Gasteiger partial charge on any atom is 0.331 e. The average Bonchev–Trinajstić information content (AvgIpc) is 2.44. The Kier molecular flexibility index (Phi) is 5.75. The number of nitro groups is 2. The van der Waals surface area contributed by atoms with E-state index in [0.29, 0.717) is 12.1 Å². The molecule has 24 heavy (non-hydrogen) atoms. The summed E-state index contributed by atoms with van der Waals surface area (Å²) in [7, 11) is -6.31. The molecule has 0 fully saturated rings. The second-order valence-electron chi connectivity index (χ2n) is 4.42. The topological polar surface area (TPSA) is 173 Å². The Bertz CT molecular complexity index is 786. The Hall–Kier alpha value is -1.97. The maximum absolute atomic E-state index is 12.0. The molecule has 0 radical (unpaired) electrons. The van der Waals surface area contributed by atoms with Crippen LogP contribution in [-0.2, 0) is 14.4 Å². The first-order valence-electron chi connectivity index (χ1n) is 5.68. The number of rotatable bonds is 7. The van der Waals surface area contributed by atoms with Crippen LogP contribution < -0.4 is 0 Å². The van der Waals surface area contributed by atoms with Crippen molar-refractivity contribution in [3.63, 3.8) is 0 Å². The molecule has 1 rings (SSSR count). The molecule has 0 saturated carbocycles. The molecule has 1 aromatic carbocycles. The number of nitrogens with zero attached hydrogens (tertiary/aromatic N) is 3. The highest BCUT2D eigenvalue weighted by Gasteiger charge is 2.37. The second kappa shape index (κ2) is 6.88. The summed E-state index contributed by atoms with van der Waals surface area (Å²) in [5, 5.41) is 22.0. The lowest BCUT2D eigenvalue weighted by atomic mass is 10.2. The minimum atomic E-state index is -5.53. The third-order valence-corrected chi connectivity index (χ3v) is 7.34. The smallest absolute Gasteiger partial charge is 0.331 e. The number of nitro benzene ring substituents is 2. The van der Waals surface area contributed by atoms with E-state index in [9.17, 15) is 38.1 Å². The Morgan fingerprint density at radius 1 is 1.04 bits per heavy atom. The zero-order valence-corrected chi connectivity index (χ0v) is 14.8. The van der Waals surface area contributed by atoms with Gasteiger partial charge in [0, 0.05) is 21.9 Å². The first-order chi connectivity index (χ1) is 10.8. The van der Waals surface area contributed by atoms with Crippen molar-refractivity contribution in [2.24, 2.45) is 0 Å². The predicted octanol–water partition coefficient (Wildman–Crippen LogP) is 2.01. The number of hydrogen-bond donors (Lipinski definition) is 0. The molecule has 134 valence electrons. The van der Waals surface area contributed by atoms with Gasteiger partial charge >= 0.3 is 17.1 Å². The standard InChI is InChI=1S/C9H11N3O9S3/c1-22-23(2,3)21-12(17)6-4-7(10(13)14)9(24(18,19)20)8(5-6)11(15)16/h4-5H,1-3H3. The van der Waals surface area contributed by atoms with Crippen molar-refractivity contribution in [3.8, 4) is 0 Å². The van der Waals surface area contributed by atoms with Gasteiger partial charge in [-0.25, -0.2) is 8.42 Å². The van der Waals surface area contributed by atoms with Gasteiger partial charge in [0.2, 0.25) is 4.90 Å². The van der Waals surface area contributed by atoms with Crippen molar-refractivity contribution < 1.29 is 32.0 Å². The van der Waals surface area contributed by atoms with Gasteiger partial charge in [-0.15, -0.1) is 0 Å². The van der Waals surface area contributed by atoms with E-state index in [2.05, 4.69) is 0 Å². The molecule has 15 heteroatoms. The summed E-state index contributed by atoms with van der Waals surface area (Å²) in [6.07, 6.45) is 4.78. The van der Waals surface area contributed by atoms with E-state index >= 15 is 0 Å². The summed E-state index contributed by atoms with van der Waals surface area (Å²) in [6, 6.07) is 0.862. The van der Waals surface area contributed by atoms with Gasteiger partial charge in [0.25, 0.3) is 4.92 Å². The fraction of sp³-hybridized carbons (Fsp3) is 0.333. The van der Waals surface area contributed by atoms with Crippen molar-refractivity contribution >= 4 is 47.3 Å². The molecule has 0 aliphatic rings. The predicted molar refractivity (Wildman–Crippen MR) is 85.0 cm³/mol. The maximum atomic E-state index is 12.0. The molecule has 0 atom stereocenters. The molecule has 0 saturated heterocycles. The molecule has 0 aromatic heterocycles. The van der Waals surface area contributed by atoms with Crippen molar-refractivity contribution in [2.75, 3.05) is 18.8 Å². The Balaban J connectivity index is 3.66. The molecule has 1 aromatic rings. The summed E-state index contributed by atoms with van der Waals surface area (Å²) in [5.74, 6) is 0. The molecule has 12 nitrogen and oxygen atoms in total. The van der Waals surface area contributed by atoms with Crippen molar-refractivity contribution in [2.45, 2.75) is 4.90 Å². The highest BCUT2D eigenvalue weighted by atomic mass is 33.2. The van der Waals surface area contributed by atoms with E-state index in [0.717, 1.165) is 0 Å². The van der Waals surface area contributed by atoms with Crippen molar-refractivity contribution in [1.82, 2.24) is 0 Å². The SMILES string of the molecule is CSS(C)(C)O[N+](=O)c1cc([N+](=O)[O-])c(S(=O)(=O)[O-])c([N+](=O)[O-])c1. The largest absolute Gasteiger partial charge is 0.744 e. The van der Waals surface area contributed by atoms with Crippen LogP contribution in [0.25, 0.3) is 0 Å². The quantitative estimate of drug-likeness (QED) is 0.284. The molecule has 0 heterocycles. The van der Waals surface area contributed by atoms with Crippen LogP contribution in [0.2, 0.25) is 0 Å². The average molecular weight is 401 g/mol. The van der Waals surface area contributed by atoms with E-state index in [-0.39, 0.29) is 4.92 Å². The van der Waals surface area contributed by atoms with E-state index in [4.69, 9.17) is 4.28 Å². The van der Waals surface area contributed by atoms with E-state index < -0.39 is 51.3 Å². The summed E-state index contributed by atoms with van der Waals surface area (Å²) in [4.78, 5) is 29.5. The third kappa shape index (κ3) is 4.53. The van der Waals surface area contributed by atoms with Crippen LogP contribution in [-0.4, -0.2) is 46.5 Å². The van der Waals surface area contributed by atoms with Crippen molar-refractivity contribution in [3.05, 3.63) is 37.3 Å². The van der Waals surface area contributed by atoms with Gasteiger partial charge in [-0.1, -0.05) is 10.8 Å². The Labute approximate surface area is 140 Å². The third-order valence-electron chi connectivity index (χ3n) is 2.54. The molecule has 0 N–H and O–H groups in total. The Morgan fingerprint density at radius 3 is 1.75 bits per heavy atom. The van der Waals surface area contributed by atoms with Gasteiger partial charge in [-0.05, 0) is 6.26 Å². The first-order valence-corrected chi connectivity index (χ1v) is 11.2. The molecule has 0 unspecified atom stereocenters. The van der Waals surface area contributed by atoms with E-state index in [1.807, 2.05) is 0 Å². The highest BCUT2D eigenvalue weighted by molar-refractivity contribution is 8.91. The van der Waals surface area contributed by atoms with Gasteiger partial charge in [0.05, 0.1) is 14.8 Å². The molecule has 0 aliphatic heterocycles. The van der Waals surface area contributed by atoms with E-state index in [1.165, 1.54) is 10.8 Å².